The van der Waals surface area contributed by atoms with Gasteiger partial charge in [-0.05, 0) is 0 Å². The van der Waals surface area contributed by atoms with E-state index in [4.69, 9.17) is 11.8 Å². The molecule has 0 aliphatic heterocycles. The fraction of sp³-hybridized carbons (Fsp3) is 0. The van der Waals surface area contributed by atoms with Gasteiger partial charge in [-0.1, -0.05) is 0 Å². The molecule has 0 aliphatic rings. The quantitative estimate of drug-likeness (QED) is 0.219. The molecule has 13 valence electrons. The Hall–Kier alpha value is 1.19. The summed E-state index contributed by atoms with van der Waals surface area (Å²) >= 11 is 0. The summed E-state index contributed by atoms with van der Waals surface area (Å²) in [6.07, 6.45) is 0. The molecule has 0 unspecified atom stereocenters. The SMILES string of the molecule is [B].[C-]#N.[K+]. The van der Waals surface area contributed by atoms with Gasteiger partial charge in [0.2, 0.25) is 0 Å². The van der Waals surface area contributed by atoms with Gasteiger partial charge in [0.15, 0.2) is 0 Å². The first-order chi connectivity index (χ1) is 1.00. The minimum atomic E-state index is 0. The third kappa shape index (κ3) is 10.8. The van der Waals surface area contributed by atoms with E-state index in [1.54, 1.807) is 0 Å². The number of hydrogen-bond acceptors (Lipinski definition) is 1. The van der Waals surface area contributed by atoms with E-state index in [9.17, 15) is 0 Å². The molecule has 0 saturated heterocycles. The van der Waals surface area contributed by atoms with Gasteiger partial charge < -0.3 is 11.8 Å². The van der Waals surface area contributed by atoms with Crippen molar-refractivity contribution in [1.82, 2.24) is 0 Å². The van der Waals surface area contributed by atoms with Crippen molar-refractivity contribution in [2.45, 2.75) is 0 Å². The van der Waals surface area contributed by atoms with Gasteiger partial charge in [0.25, 0.3) is 0 Å². The predicted molar refractivity (Wildman–Crippen MR) is 10.7 cm³/mol. The van der Waals surface area contributed by atoms with Gasteiger partial charge in [-0.15, -0.1) is 0 Å². The second kappa shape index (κ2) is 30.1. The van der Waals surface area contributed by atoms with Crippen LogP contribution >= 0.6 is 0 Å². The van der Waals surface area contributed by atoms with Crippen molar-refractivity contribution in [3.63, 3.8) is 0 Å². The van der Waals surface area contributed by atoms with Crippen molar-refractivity contribution in [3.8, 4) is 0 Å². The number of nitrogens with zero attached hydrogens (tertiary/aromatic N) is 1. The molecule has 1 nitrogen and oxygen atoms in total. The number of rotatable bonds is 0. The average Bonchev–Trinajstić information content (AvgIpc) is 1.00. The Balaban J connectivity index is -0.00000000500. The third-order valence-electron chi connectivity index (χ3n) is 0. The van der Waals surface area contributed by atoms with Crippen molar-refractivity contribution >= 4 is 8.41 Å². The molecule has 0 spiro atoms. The Kier molecular flexibility index (Phi) is 143. The Morgan fingerprint density at radius 1 is 1.25 bits per heavy atom. The van der Waals surface area contributed by atoms with Crippen molar-refractivity contribution in [2.75, 3.05) is 0 Å². The van der Waals surface area contributed by atoms with Gasteiger partial charge in [-0.3, -0.25) is 0 Å². The summed E-state index contributed by atoms with van der Waals surface area (Å²) in [4.78, 5) is 0. The molecule has 0 N–H and O–H groups in total. The normalized spacial score (nSPS) is 0.500. The molecule has 0 fully saturated rings. The summed E-state index contributed by atoms with van der Waals surface area (Å²) in [6.45, 7) is 4.75. The summed E-state index contributed by atoms with van der Waals surface area (Å²) in [5.74, 6) is 0. The van der Waals surface area contributed by atoms with Crippen LogP contribution in [0.5, 0.6) is 0 Å². The van der Waals surface area contributed by atoms with E-state index in [0.29, 0.717) is 0 Å². The van der Waals surface area contributed by atoms with Gasteiger partial charge in [0.1, 0.15) is 0 Å². The molecule has 0 amide bonds. The van der Waals surface area contributed by atoms with E-state index in [2.05, 4.69) is 0 Å². The molecule has 4 heavy (non-hydrogen) atoms. The molecular formula is CBKN. The molecule has 3 heteroatoms. The fourth-order valence-electron chi connectivity index (χ4n) is 0. The van der Waals surface area contributed by atoms with Crippen LogP contribution in [0.4, 0.5) is 0 Å². The molecule has 0 aromatic heterocycles. The maximum absolute atomic E-state index is 6.25. The molecular weight excluding hydrogens is 75.9 g/mol. The molecule has 0 atom stereocenters. The Morgan fingerprint density at radius 2 is 1.25 bits per heavy atom. The second-order valence-corrected chi connectivity index (χ2v) is 0. The smallest absolute Gasteiger partial charge is 0.512 e. The minimum absolute atomic E-state index is 0. The number of hydrogen-bond donors (Lipinski definition) is 0. The van der Waals surface area contributed by atoms with Crippen LogP contribution in [0.25, 0.3) is 0 Å². The van der Waals surface area contributed by atoms with Gasteiger partial charge in [-0.25, -0.2) is 0 Å². The monoisotopic (exact) mass is 76.0 g/mol. The van der Waals surface area contributed by atoms with Crippen LogP contribution in [0.3, 0.4) is 0 Å². The predicted octanol–water partition coefficient (Wildman–Crippen LogP) is -3.28. The van der Waals surface area contributed by atoms with Crippen LogP contribution < -0.4 is 51.4 Å². The topological polar surface area (TPSA) is 23.8 Å². The van der Waals surface area contributed by atoms with E-state index in [0.717, 1.165) is 0 Å². The van der Waals surface area contributed by atoms with Crippen LogP contribution in [-0.4, -0.2) is 8.41 Å². The molecule has 0 rings (SSSR count). The van der Waals surface area contributed by atoms with Gasteiger partial charge >= 0.3 is 51.4 Å². The molecule has 0 saturated carbocycles. The Morgan fingerprint density at radius 3 is 1.25 bits per heavy atom. The maximum Gasteiger partial charge on any atom is 1.00 e. The first-order valence-electron chi connectivity index (χ1n) is 0.224. The molecule has 0 aromatic carbocycles. The zero-order chi connectivity index (χ0) is 2.00. The van der Waals surface area contributed by atoms with E-state index in [1.165, 1.54) is 0 Å². The maximum atomic E-state index is 6.25. The van der Waals surface area contributed by atoms with Crippen LogP contribution in [0.2, 0.25) is 0 Å². The largest absolute Gasteiger partial charge is 1.00 e. The summed E-state index contributed by atoms with van der Waals surface area (Å²) in [5, 5.41) is 6.25. The van der Waals surface area contributed by atoms with Crippen LogP contribution in [0.1, 0.15) is 0 Å². The van der Waals surface area contributed by atoms with Crippen LogP contribution in [0, 0.1) is 11.8 Å². The third-order valence-corrected chi connectivity index (χ3v) is 0. The van der Waals surface area contributed by atoms with Crippen molar-refractivity contribution in [1.29, 1.82) is 5.26 Å². The summed E-state index contributed by atoms with van der Waals surface area (Å²) < 4.78 is 0. The minimum Gasteiger partial charge on any atom is -0.512 e. The summed E-state index contributed by atoms with van der Waals surface area (Å²) in [5.41, 5.74) is 0. The molecule has 3 radical (unpaired) electrons. The fourth-order valence-corrected chi connectivity index (χ4v) is 0. The molecule has 0 heterocycles. The van der Waals surface area contributed by atoms with Gasteiger partial charge in [0.05, 0.1) is 0 Å². The zero-order valence-corrected chi connectivity index (χ0v) is 5.65. The van der Waals surface area contributed by atoms with Crippen molar-refractivity contribution in [3.05, 3.63) is 6.57 Å². The van der Waals surface area contributed by atoms with Crippen molar-refractivity contribution < 1.29 is 51.4 Å². The molecule has 0 bridgehead atoms. The van der Waals surface area contributed by atoms with Gasteiger partial charge in [0, 0.05) is 8.41 Å². The van der Waals surface area contributed by atoms with E-state index in [-0.39, 0.29) is 59.8 Å². The van der Waals surface area contributed by atoms with Crippen LogP contribution in [-0.2, 0) is 0 Å². The van der Waals surface area contributed by atoms with E-state index >= 15 is 0 Å². The van der Waals surface area contributed by atoms with Gasteiger partial charge in [-0.2, -0.15) is 0 Å². The zero-order valence-electron chi connectivity index (χ0n) is 2.52. The first-order valence-corrected chi connectivity index (χ1v) is 0.224. The average molecular weight is 75.9 g/mol. The van der Waals surface area contributed by atoms with E-state index in [1.807, 2.05) is 0 Å². The standard InChI is InChI=1S/CN.B.K/c1-2;;/q-1;;+1. The summed E-state index contributed by atoms with van der Waals surface area (Å²) in [7, 11) is 0. The van der Waals surface area contributed by atoms with Crippen molar-refractivity contribution in [2.24, 2.45) is 0 Å². The Labute approximate surface area is 70.4 Å². The summed E-state index contributed by atoms with van der Waals surface area (Å²) in [6, 6.07) is 0. The van der Waals surface area contributed by atoms with Crippen LogP contribution in [0.15, 0.2) is 0 Å². The molecule has 0 aliphatic carbocycles. The first kappa shape index (κ1) is 19.0. The Bertz CT molecular complexity index is 12.8. The second-order valence-electron chi connectivity index (χ2n) is 0. The molecule has 0 aromatic rings. The van der Waals surface area contributed by atoms with E-state index < -0.39 is 0 Å².